The summed E-state index contributed by atoms with van der Waals surface area (Å²) >= 11 is 0. The number of carbonyl (C=O) groups excluding carboxylic acids is 2. The SMILES string of the molecule is Cc1cccc(C)c1NC(=O)COC(=O)c1ccccc1-c1ccccc1. The first kappa shape index (κ1) is 18.4. The topological polar surface area (TPSA) is 55.4 Å². The van der Waals surface area contributed by atoms with Gasteiger partial charge in [-0.1, -0.05) is 66.7 Å². The number of nitrogens with one attached hydrogen (secondary N) is 1. The molecule has 0 fully saturated rings. The molecule has 0 bridgehead atoms. The predicted molar refractivity (Wildman–Crippen MR) is 107 cm³/mol. The van der Waals surface area contributed by atoms with E-state index in [1.165, 1.54) is 0 Å². The van der Waals surface area contributed by atoms with Gasteiger partial charge >= 0.3 is 5.97 Å². The highest BCUT2D eigenvalue weighted by Crippen LogP contribution is 2.24. The Kier molecular flexibility index (Phi) is 5.67. The molecule has 136 valence electrons. The van der Waals surface area contributed by atoms with E-state index in [4.69, 9.17) is 4.74 Å². The first-order valence-electron chi connectivity index (χ1n) is 8.74. The van der Waals surface area contributed by atoms with Gasteiger partial charge in [0.25, 0.3) is 5.91 Å². The van der Waals surface area contributed by atoms with E-state index in [1.54, 1.807) is 12.1 Å². The number of ether oxygens (including phenoxy) is 1. The fourth-order valence-electron chi connectivity index (χ4n) is 2.93. The van der Waals surface area contributed by atoms with Crippen LogP contribution < -0.4 is 5.32 Å². The lowest BCUT2D eigenvalue weighted by molar-refractivity contribution is -0.119. The van der Waals surface area contributed by atoms with E-state index in [1.807, 2.05) is 74.5 Å². The molecule has 0 aliphatic rings. The summed E-state index contributed by atoms with van der Waals surface area (Å²) in [5.74, 6) is -0.885. The highest BCUT2D eigenvalue weighted by atomic mass is 16.5. The van der Waals surface area contributed by atoms with E-state index in [0.29, 0.717) is 5.56 Å². The fraction of sp³-hybridized carbons (Fsp3) is 0.130. The first-order chi connectivity index (χ1) is 13.1. The molecule has 0 heterocycles. The van der Waals surface area contributed by atoms with Crippen LogP contribution in [-0.4, -0.2) is 18.5 Å². The van der Waals surface area contributed by atoms with Gasteiger partial charge in [-0.3, -0.25) is 4.79 Å². The summed E-state index contributed by atoms with van der Waals surface area (Å²) in [6.45, 7) is 3.51. The van der Waals surface area contributed by atoms with Crippen molar-refractivity contribution in [2.75, 3.05) is 11.9 Å². The molecule has 3 aromatic carbocycles. The van der Waals surface area contributed by atoms with E-state index in [9.17, 15) is 9.59 Å². The highest BCUT2D eigenvalue weighted by Gasteiger charge is 2.16. The summed E-state index contributed by atoms with van der Waals surface area (Å²) in [5.41, 5.74) is 4.81. The van der Waals surface area contributed by atoms with E-state index in [0.717, 1.165) is 27.9 Å². The summed E-state index contributed by atoms with van der Waals surface area (Å²) in [5, 5.41) is 2.82. The molecule has 0 saturated heterocycles. The van der Waals surface area contributed by atoms with Gasteiger partial charge in [-0.25, -0.2) is 4.79 Å². The predicted octanol–water partition coefficient (Wildman–Crippen LogP) is 4.77. The largest absolute Gasteiger partial charge is 0.452 e. The molecule has 0 unspecified atom stereocenters. The zero-order valence-corrected chi connectivity index (χ0v) is 15.4. The Morgan fingerprint density at radius 2 is 1.44 bits per heavy atom. The molecule has 0 spiro atoms. The number of benzene rings is 3. The van der Waals surface area contributed by atoms with Crippen molar-refractivity contribution in [3.05, 3.63) is 89.5 Å². The molecule has 27 heavy (non-hydrogen) atoms. The minimum Gasteiger partial charge on any atom is -0.452 e. The van der Waals surface area contributed by atoms with Crippen LogP contribution in [0.4, 0.5) is 5.69 Å². The monoisotopic (exact) mass is 359 g/mol. The van der Waals surface area contributed by atoms with Gasteiger partial charge in [-0.15, -0.1) is 0 Å². The van der Waals surface area contributed by atoms with Crippen LogP contribution in [0.2, 0.25) is 0 Å². The maximum absolute atomic E-state index is 12.5. The van der Waals surface area contributed by atoms with Gasteiger partial charge in [0.1, 0.15) is 0 Å². The highest BCUT2D eigenvalue weighted by molar-refractivity contribution is 5.99. The Morgan fingerprint density at radius 3 is 2.15 bits per heavy atom. The Morgan fingerprint density at radius 1 is 0.815 bits per heavy atom. The van der Waals surface area contributed by atoms with Crippen LogP contribution in [0, 0.1) is 13.8 Å². The average molecular weight is 359 g/mol. The number of hydrogen-bond donors (Lipinski definition) is 1. The van der Waals surface area contributed by atoms with Crippen molar-refractivity contribution in [2.24, 2.45) is 0 Å². The standard InChI is InChI=1S/C23H21NO3/c1-16-9-8-10-17(2)22(16)24-21(25)15-27-23(26)20-14-7-6-13-19(20)18-11-4-3-5-12-18/h3-14H,15H2,1-2H3,(H,24,25). The molecule has 4 heteroatoms. The summed E-state index contributed by atoms with van der Waals surface area (Å²) < 4.78 is 5.25. The maximum Gasteiger partial charge on any atom is 0.339 e. The fourth-order valence-corrected chi connectivity index (χ4v) is 2.93. The number of anilines is 1. The average Bonchev–Trinajstić information content (AvgIpc) is 2.70. The van der Waals surface area contributed by atoms with E-state index in [-0.39, 0.29) is 12.5 Å². The molecule has 0 aromatic heterocycles. The van der Waals surface area contributed by atoms with Crippen molar-refractivity contribution >= 4 is 17.6 Å². The Balaban J connectivity index is 1.69. The second kappa shape index (κ2) is 8.32. The third kappa shape index (κ3) is 4.42. The molecule has 3 aromatic rings. The van der Waals surface area contributed by atoms with Crippen molar-refractivity contribution in [2.45, 2.75) is 13.8 Å². The number of hydrogen-bond acceptors (Lipinski definition) is 3. The summed E-state index contributed by atoms with van der Waals surface area (Å²) in [7, 11) is 0. The molecule has 0 aliphatic heterocycles. The van der Waals surface area contributed by atoms with Crippen LogP contribution in [0.25, 0.3) is 11.1 Å². The van der Waals surface area contributed by atoms with Crippen molar-refractivity contribution in [3.8, 4) is 11.1 Å². The Bertz CT molecular complexity index is 944. The zero-order chi connectivity index (χ0) is 19.2. The molecule has 3 rings (SSSR count). The van der Waals surface area contributed by atoms with Gasteiger partial charge in [0.2, 0.25) is 0 Å². The smallest absolute Gasteiger partial charge is 0.339 e. The van der Waals surface area contributed by atoms with Gasteiger partial charge in [0.05, 0.1) is 5.56 Å². The van der Waals surface area contributed by atoms with Crippen LogP contribution in [0.1, 0.15) is 21.5 Å². The Hall–Kier alpha value is -3.40. The van der Waals surface area contributed by atoms with Crippen LogP contribution >= 0.6 is 0 Å². The summed E-state index contributed by atoms with van der Waals surface area (Å²) in [4.78, 5) is 24.7. The lowest BCUT2D eigenvalue weighted by atomic mass is 10.00. The molecule has 0 radical (unpaired) electrons. The zero-order valence-electron chi connectivity index (χ0n) is 15.4. The molecule has 1 N–H and O–H groups in total. The minimum atomic E-state index is -0.522. The lowest BCUT2D eigenvalue weighted by Gasteiger charge is -2.12. The molecular formula is C23H21NO3. The van der Waals surface area contributed by atoms with Crippen molar-refractivity contribution in [1.29, 1.82) is 0 Å². The first-order valence-corrected chi connectivity index (χ1v) is 8.74. The van der Waals surface area contributed by atoms with Crippen molar-refractivity contribution in [3.63, 3.8) is 0 Å². The van der Waals surface area contributed by atoms with Crippen LogP contribution in [-0.2, 0) is 9.53 Å². The molecule has 4 nitrogen and oxygen atoms in total. The van der Waals surface area contributed by atoms with Crippen LogP contribution in [0.3, 0.4) is 0 Å². The maximum atomic E-state index is 12.5. The van der Waals surface area contributed by atoms with Gasteiger partial charge in [0.15, 0.2) is 6.61 Å². The number of rotatable bonds is 5. The number of para-hydroxylation sites is 1. The molecular weight excluding hydrogens is 338 g/mol. The molecule has 0 aliphatic carbocycles. The second-order valence-electron chi connectivity index (χ2n) is 6.30. The Labute approximate surface area is 158 Å². The summed E-state index contributed by atoms with van der Waals surface area (Å²) in [6, 6.07) is 22.6. The van der Waals surface area contributed by atoms with E-state index >= 15 is 0 Å². The number of esters is 1. The lowest BCUT2D eigenvalue weighted by Crippen LogP contribution is -2.22. The molecule has 1 amide bonds. The van der Waals surface area contributed by atoms with Gasteiger partial charge in [0, 0.05) is 5.69 Å². The molecule has 0 atom stereocenters. The summed E-state index contributed by atoms with van der Waals surface area (Å²) in [6.07, 6.45) is 0. The molecule has 0 saturated carbocycles. The van der Waals surface area contributed by atoms with E-state index < -0.39 is 5.97 Å². The normalized spacial score (nSPS) is 10.3. The second-order valence-corrected chi connectivity index (χ2v) is 6.30. The number of amides is 1. The van der Waals surface area contributed by atoms with Gasteiger partial charge < -0.3 is 10.1 Å². The minimum absolute atomic E-state index is 0.338. The quantitative estimate of drug-likeness (QED) is 0.668. The van der Waals surface area contributed by atoms with Gasteiger partial charge in [-0.2, -0.15) is 0 Å². The third-order valence-electron chi connectivity index (χ3n) is 4.31. The third-order valence-corrected chi connectivity index (χ3v) is 4.31. The van der Waals surface area contributed by atoms with Crippen LogP contribution in [0.15, 0.2) is 72.8 Å². The van der Waals surface area contributed by atoms with E-state index in [2.05, 4.69) is 5.32 Å². The number of carbonyl (C=O) groups is 2. The van der Waals surface area contributed by atoms with Crippen LogP contribution in [0.5, 0.6) is 0 Å². The van der Waals surface area contributed by atoms with Crippen molar-refractivity contribution in [1.82, 2.24) is 0 Å². The number of aryl methyl sites for hydroxylation is 2. The van der Waals surface area contributed by atoms with Crippen molar-refractivity contribution < 1.29 is 14.3 Å². The van der Waals surface area contributed by atoms with Gasteiger partial charge in [-0.05, 0) is 42.2 Å².